The Balaban J connectivity index is 2.97. The lowest BCUT2D eigenvalue weighted by Gasteiger charge is -2.17. The second kappa shape index (κ2) is 6.37. The number of methoxy groups -OCH3 is 1. The third-order valence-corrected chi connectivity index (χ3v) is 2.61. The third-order valence-electron chi connectivity index (χ3n) is 2.61. The van der Waals surface area contributed by atoms with Gasteiger partial charge in [0.15, 0.2) is 0 Å². The van der Waals surface area contributed by atoms with E-state index in [1.165, 1.54) is 0 Å². The summed E-state index contributed by atoms with van der Waals surface area (Å²) in [7, 11) is 5.54. The zero-order valence-electron chi connectivity index (χ0n) is 11.0. The summed E-state index contributed by atoms with van der Waals surface area (Å²) in [5, 5.41) is 8.75. The van der Waals surface area contributed by atoms with Crippen LogP contribution in [0.15, 0.2) is 18.2 Å². The molecular formula is C13H20N2O3. The van der Waals surface area contributed by atoms with Crippen molar-refractivity contribution >= 4 is 5.97 Å². The van der Waals surface area contributed by atoms with Crippen LogP contribution in [0, 0.1) is 0 Å². The van der Waals surface area contributed by atoms with Crippen molar-refractivity contribution in [2.24, 2.45) is 5.73 Å². The van der Waals surface area contributed by atoms with Crippen molar-refractivity contribution in [2.75, 3.05) is 21.2 Å². The number of carbonyl (C=O) groups is 1. The highest BCUT2D eigenvalue weighted by Crippen LogP contribution is 2.24. The maximum Gasteiger partial charge on any atom is 0.305 e. The first-order chi connectivity index (χ1) is 8.43. The van der Waals surface area contributed by atoms with Gasteiger partial charge < -0.3 is 20.5 Å². The molecule has 1 unspecified atom stereocenters. The second-order valence-corrected chi connectivity index (χ2v) is 4.51. The number of nitrogens with zero attached hydrogens (tertiary/aromatic N) is 1. The van der Waals surface area contributed by atoms with Crippen LogP contribution in [0.25, 0.3) is 0 Å². The second-order valence-electron chi connectivity index (χ2n) is 4.51. The number of carboxylic acids is 1. The van der Waals surface area contributed by atoms with Gasteiger partial charge >= 0.3 is 5.97 Å². The van der Waals surface area contributed by atoms with E-state index in [9.17, 15) is 4.79 Å². The van der Waals surface area contributed by atoms with E-state index in [0.29, 0.717) is 0 Å². The predicted molar refractivity (Wildman–Crippen MR) is 69.6 cm³/mol. The van der Waals surface area contributed by atoms with E-state index < -0.39 is 12.0 Å². The largest absolute Gasteiger partial charge is 0.496 e. The number of nitrogens with two attached hydrogens (primary N) is 1. The molecule has 1 rings (SSSR count). The van der Waals surface area contributed by atoms with Crippen LogP contribution in [0.2, 0.25) is 0 Å². The number of hydrogen-bond donors (Lipinski definition) is 2. The van der Waals surface area contributed by atoms with E-state index >= 15 is 0 Å². The summed E-state index contributed by atoms with van der Waals surface area (Å²) in [6.07, 6.45) is -0.0757. The maximum absolute atomic E-state index is 10.7. The van der Waals surface area contributed by atoms with Gasteiger partial charge in [0.25, 0.3) is 0 Å². The van der Waals surface area contributed by atoms with Gasteiger partial charge in [0.1, 0.15) is 5.75 Å². The number of rotatable bonds is 6. The van der Waals surface area contributed by atoms with E-state index in [2.05, 4.69) is 0 Å². The minimum Gasteiger partial charge on any atom is -0.496 e. The van der Waals surface area contributed by atoms with Crippen molar-refractivity contribution in [3.8, 4) is 5.75 Å². The average molecular weight is 252 g/mol. The molecule has 18 heavy (non-hydrogen) atoms. The van der Waals surface area contributed by atoms with Gasteiger partial charge in [-0.15, -0.1) is 0 Å². The summed E-state index contributed by atoms with van der Waals surface area (Å²) >= 11 is 0. The molecular weight excluding hydrogens is 232 g/mol. The van der Waals surface area contributed by atoms with Crippen molar-refractivity contribution in [3.05, 3.63) is 29.3 Å². The Kier molecular flexibility index (Phi) is 5.12. The maximum atomic E-state index is 10.7. The summed E-state index contributed by atoms with van der Waals surface area (Å²) in [5.74, 6) is -0.109. The SMILES string of the molecule is COc1ccc(C(N)CC(=O)O)cc1CN(C)C. The highest BCUT2D eigenvalue weighted by molar-refractivity contribution is 5.68. The molecule has 0 aliphatic carbocycles. The highest BCUT2D eigenvalue weighted by Gasteiger charge is 2.13. The summed E-state index contributed by atoms with van der Waals surface area (Å²) in [4.78, 5) is 12.7. The fourth-order valence-corrected chi connectivity index (χ4v) is 1.80. The molecule has 0 spiro atoms. The zero-order valence-corrected chi connectivity index (χ0v) is 11.0. The van der Waals surface area contributed by atoms with Gasteiger partial charge in [-0.05, 0) is 31.8 Å². The molecule has 0 radical (unpaired) electrons. The quantitative estimate of drug-likeness (QED) is 0.796. The highest BCUT2D eigenvalue weighted by atomic mass is 16.5. The Morgan fingerprint density at radius 2 is 2.17 bits per heavy atom. The van der Waals surface area contributed by atoms with Crippen LogP contribution in [0.4, 0.5) is 0 Å². The molecule has 1 atom stereocenters. The molecule has 1 aromatic carbocycles. The molecule has 5 heteroatoms. The van der Waals surface area contributed by atoms with Crippen LogP contribution in [-0.2, 0) is 11.3 Å². The van der Waals surface area contributed by atoms with E-state index in [0.717, 1.165) is 23.4 Å². The molecule has 0 aliphatic rings. The summed E-state index contributed by atoms with van der Waals surface area (Å²) in [6, 6.07) is 5.06. The molecule has 5 nitrogen and oxygen atoms in total. The molecule has 0 aliphatic heterocycles. The Bertz CT molecular complexity index is 419. The molecule has 0 aromatic heterocycles. The average Bonchev–Trinajstić information content (AvgIpc) is 2.27. The normalized spacial score (nSPS) is 12.5. The molecule has 0 heterocycles. The van der Waals surface area contributed by atoms with Crippen LogP contribution in [0.5, 0.6) is 5.75 Å². The Morgan fingerprint density at radius 3 is 2.67 bits per heavy atom. The molecule has 1 aromatic rings. The molecule has 0 saturated heterocycles. The summed E-state index contributed by atoms with van der Waals surface area (Å²) in [6.45, 7) is 0.719. The van der Waals surface area contributed by atoms with Crippen molar-refractivity contribution in [3.63, 3.8) is 0 Å². The molecule has 0 saturated carbocycles. The van der Waals surface area contributed by atoms with E-state index in [-0.39, 0.29) is 6.42 Å². The van der Waals surface area contributed by atoms with Gasteiger partial charge in [-0.1, -0.05) is 6.07 Å². The molecule has 0 fully saturated rings. The number of carboxylic acid groups (broad SMARTS) is 1. The van der Waals surface area contributed by atoms with E-state index in [4.69, 9.17) is 15.6 Å². The minimum absolute atomic E-state index is 0.0757. The smallest absolute Gasteiger partial charge is 0.305 e. The zero-order chi connectivity index (χ0) is 13.7. The van der Waals surface area contributed by atoms with Crippen LogP contribution in [-0.4, -0.2) is 37.2 Å². The van der Waals surface area contributed by atoms with Gasteiger partial charge in [-0.2, -0.15) is 0 Å². The molecule has 3 N–H and O–H groups in total. The lowest BCUT2D eigenvalue weighted by Crippen LogP contribution is -2.16. The van der Waals surface area contributed by atoms with Gasteiger partial charge in [-0.3, -0.25) is 4.79 Å². The molecule has 0 bridgehead atoms. The van der Waals surface area contributed by atoms with Crippen LogP contribution < -0.4 is 10.5 Å². The fourth-order valence-electron chi connectivity index (χ4n) is 1.80. The Morgan fingerprint density at radius 1 is 1.50 bits per heavy atom. The predicted octanol–water partition coefficient (Wildman–Crippen LogP) is 1.23. The van der Waals surface area contributed by atoms with Gasteiger partial charge in [0.2, 0.25) is 0 Å². The third kappa shape index (κ3) is 4.01. The van der Waals surface area contributed by atoms with Crippen LogP contribution >= 0.6 is 0 Å². The standard InChI is InChI=1S/C13H20N2O3/c1-15(2)8-10-6-9(4-5-12(10)18-3)11(14)7-13(16)17/h4-6,11H,7-8,14H2,1-3H3,(H,16,17). The Labute approximate surface area is 107 Å². The van der Waals surface area contributed by atoms with Crippen molar-refractivity contribution in [2.45, 2.75) is 19.0 Å². The first-order valence-corrected chi connectivity index (χ1v) is 5.73. The summed E-state index contributed by atoms with van der Waals surface area (Å²) < 4.78 is 5.28. The number of benzene rings is 1. The molecule has 100 valence electrons. The first kappa shape index (κ1) is 14.5. The molecule has 0 amide bonds. The van der Waals surface area contributed by atoms with Crippen molar-refractivity contribution in [1.82, 2.24) is 4.90 Å². The number of ether oxygens (including phenoxy) is 1. The minimum atomic E-state index is -0.896. The first-order valence-electron chi connectivity index (χ1n) is 5.73. The van der Waals surface area contributed by atoms with E-state index in [1.807, 2.05) is 37.2 Å². The topological polar surface area (TPSA) is 75.8 Å². The Hall–Kier alpha value is -1.59. The van der Waals surface area contributed by atoms with Gasteiger partial charge in [0.05, 0.1) is 13.5 Å². The van der Waals surface area contributed by atoms with Gasteiger partial charge in [-0.25, -0.2) is 0 Å². The van der Waals surface area contributed by atoms with Crippen LogP contribution in [0.1, 0.15) is 23.6 Å². The van der Waals surface area contributed by atoms with Gasteiger partial charge in [0, 0.05) is 18.2 Å². The number of hydrogen-bond acceptors (Lipinski definition) is 4. The van der Waals surface area contributed by atoms with Crippen LogP contribution in [0.3, 0.4) is 0 Å². The van der Waals surface area contributed by atoms with Crippen molar-refractivity contribution < 1.29 is 14.6 Å². The van der Waals surface area contributed by atoms with E-state index in [1.54, 1.807) is 7.11 Å². The number of aliphatic carboxylic acids is 1. The monoisotopic (exact) mass is 252 g/mol. The lowest BCUT2D eigenvalue weighted by atomic mass is 10.0. The van der Waals surface area contributed by atoms with Crippen molar-refractivity contribution in [1.29, 1.82) is 0 Å². The fraction of sp³-hybridized carbons (Fsp3) is 0.462. The lowest BCUT2D eigenvalue weighted by molar-refractivity contribution is -0.137. The summed E-state index contributed by atoms with van der Waals surface area (Å²) in [5.41, 5.74) is 7.67.